The van der Waals surface area contributed by atoms with Crippen LogP contribution in [0, 0.1) is 6.42 Å². The Bertz CT molecular complexity index is 90.1. The molecule has 0 aromatic carbocycles. The van der Waals surface area contributed by atoms with Gasteiger partial charge in [-0.25, -0.2) is 0 Å². The largest absolute Gasteiger partial charge is 1.00 e. The molecule has 0 unspecified atom stereocenters. The summed E-state index contributed by atoms with van der Waals surface area (Å²) in [4.78, 5) is 2.65. The van der Waals surface area contributed by atoms with Gasteiger partial charge in [-0.1, -0.05) is 12.8 Å². The molecule has 0 amide bonds. The fraction of sp³-hybridized carbons (Fsp3) is 0.889. The van der Waals surface area contributed by atoms with Crippen LogP contribution >= 0.6 is 0 Å². The van der Waals surface area contributed by atoms with Gasteiger partial charge >= 0.3 is 51.4 Å². The molecule has 0 spiro atoms. The van der Waals surface area contributed by atoms with Gasteiger partial charge in [0.2, 0.25) is 0 Å². The first-order chi connectivity index (χ1) is 4.97. The Morgan fingerprint density at radius 1 is 1.18 bits per heavy atom. The zero-order valence-electron chi connectivity index (χ0n) is 7.55. The zero-order chi connectivity index (χ0) is 6.81. The molecule has 0 aromatic heterocycles. The molecular weight excluding hydrogens is 161 g/mol. The van der Waals surface area contributed by atoms with Gasteiger partial charge in [0, 0.05) is 6.04 Å². The molecule has 0 N–H and O–H groups in total. The number of nitrogens with zero attached hydrogens (tertiary/aromatic N) is 1. The van der Waals surface area contributed by atoms with Crippen molar-refractivity contribution in [2.75, 3.05) is 13.1 Å². The van der Waals surface area contributed by atoms with E-state index in [4.69, 9.17) is 0 Å². The van der Waals surface area contributed by atoms with Crippen LogP contribution in [0.5, 0.6) is 0 Å². The molecule has 2 fully saturated rings. The number of hydrogen-bond donors (Lipinski definition) is 0. The molecule has 58 valence electrons. The number of likely N-dealkylation sites (tertiary alicyclic amines) is 1. The van der Waals surface area contributed by atoms with Gasteiger partial charge in [0.1, 0.15) is 0 Å². The third kappa shape index (κ3) is 2.78. The summed E-state index contributed by atoms with van der Waals surface area (Å²) in [6, 6.07) is 0.957. The van der Waals surface area contributed by atoms with Crippen LogP contribution in [0.2, 0.25) is 0 Å². The molecule has 1 aliphatic heterocycles. The summed E-state index contributed by atoms with van der Waals surface area (Å²) in [5, 5.41) is 0. The van der Waals surface area contributed by atoms with Gasteiger partial charge in [-0.15, -0.1) is 6.54 Å². The second-order valence-electron chi connectivity index (χ2n) is 3.51. The van der Waals surface area contributed by atoms with Crippen LogP contribution in [0.25, 0.3) is 0 Å². The van der Waals surface area contributed by atoms with Gasteiger partial charge in [0.05, 0.1) is 0 Å². The van der Waals surface area contributed by atoms with Gasteiger partial charge in [-0.2, -0.15) is 6.42 Å². The third-order valence-electron chi connectivity index (χ3n) is 2.83. The molecule has 1 aliphatic carbocycles. The van der Waals surface area contributed by atoms with E-state index in [9.17, 15) is 0 Å². The van der Waals surface area contributed by atoms with E-state index in [-0.39, 0.29) is 51.4 Å². The molecular formula is C9H16KN. The van der Waals surface area contributed by atoms with E-state index in [0.29, 0.717) is 0 Å². The monoisotopic (exact) mass is 177 g/mol. The van der Waals surface area contributed by atoms with Crippen molar-refractivity contribution in [2.24, 2.45) is 0 Å². The average molecular weight is 177 g/mol. The Labute approximate surface area is 112 Å². The van der Waals surface area contributed by atoms with Crippen molar-refractivity contribution in [3.8, 4) is 0 Å². The smallest absolute Gasteiger partial charge is 0.332 e. The first-order valence-corrected chi connectivity index (χ1v) is 4.52. The predicted molar refractivity (Wildman–Crippen MR) is 42.7 cm³/mol. The van der Waals surface area contributed by atoms with Crippen LogP contribution in [-0.4, -0.2) is 24.0 Å². The number of rotatable bonds is 1. The van der Waals surface area contributed by atoms with Crippen LogP contribution < -0.4 is 51.4 Å². The van der Waals surface area contributed by atoms with Crippen molar-refractivity contribution >= 4 is 0 Å². The van der Waals surface area contributed by atoms with E-state index in [2.05, 4.69) is 11.3 Å². The van der Waals surface area contributed by atoms with Crippen molar-refractivity contribution in [2.45, 2.75) is 38.1 Å². The van der Waals surface area contributed by atoms with Crippen molar-refractivity contribution in [1.82, 2.24) is 4.90 Å². The number of hydrogen-bond acceptors (Lipinski definition) is 1. The first kappa shape index (κ1) is 10.7. The van der Waals surface area contributed by atoms with Gasteiger partial charge in [-0.3, -0.25) is 0 Å². The van der Waals surface area contributed by atoms with Crippen molar-refractivity contribution in [3.05, 3.63) is 6.42 Å². The topological polar surface area (TPSA) is 3.24 Å². The van der Waals surface area contributed by atoms with Crippen molar-refractivity contribution in [3.63, 3.8) is 0 Å². The summed E-state index contributed by atoms with van der Waals surface area (Å²) in [5.41, 5.74) is 0. The standard InChI is InChI=1S/C9H16N.K/c1-2-6-9(5-1)10-7-3-4-8-10;/h3,9H,1-2,4-8H2;/q-1;+1. The predicted octanol–water partition coefficient (Wildman–Crippen LogP) is -1.16. The maximum absolute atomic E-state index is 2.65. The van der Waals surface area contributed by atoms with Crippen LogP contribution in [0.15, 0.2) is 0 Å². The molecule has 2 aliphatic rings. The third-order valence-corrected chi connectivity index (χ3v) is 2.83. The van der Waals surface area contributed by atoms with E-state index >= 15 is 0 Å². The molecule has 2 rings (SSSR count). The molecule has 0 bridgehead atoms. The Morgan fingerprint density at radius 2 is 1.91 bits per heavy atom. The minimum Gasteiger partial charge on any atom is -0.332 e. The van der Waals surface area contributed by atoms with E-state index in [0.717, 1.165) is 6.04 Å². The maximum Gasteiger partial charge on any atom is 1.00 e. The summed E-state index contributed by atoms with van der Waals surface area (Å²) in [6.07, 6.45) is 9.62. The van der Waals surface area contributed by atoms with E-state index in [1.54, 1.807) is 0 Å². The second kappa shape index (κ2) is 5.35. The van der Waals surface area contributed by atoms with Crippen molar-refractivity contribution < 1.29 is 51.4 Å². The molecule has 1 nitrogen and oxygen atoms in total. The summed E-state index contributed by atoms with van der Waals surface area (Å²) in [7, 11) is 0. The molecule has 1 saturated carbocycles. The minimum absolute atomic E-state index is 0. The molecule has 0 atom stereocenters. The molecule has 1 heterocycles. The Hall–Kier alpha value is 1.60. The molecule has 1 saturated heterocycles. The van der Waals surface area contributed by atoms with Gasteiger partial charge in [0.15, 0.2) is 0 Å². The Balaban J connectivity index is 0.000000605. The fourth-order valence-corrected chi connectivity index (χ4v) is 2.21. The van der Waals surface area contributed by atoms with Crippen LogP contribution in [0.1, 0.15) is 32.1 Å². The molecule has 0 aromatic rings. The zero-order valence-corrected chi connectivity index (χ0v) is 10.7. The fourth-order valence-electron chi connectivity index (χ4n) is 2.21. The van der Waals surface area contributed by atoms with Gasteiger partial charge in [0.25, 0.3) is 0 Å². The van der Waals surface area contributed by atoms with E-state index in [1.165, 1.54) is 45.2 Å². The maximum atomic E-state index is 2.65. The average Bonchev–Trinajstić information content (AvgIpc) is 2.59. The summed E-state index contributed by atoms with van der Waals surface area (Å²) < 4.78 is 0. The summed E-state index contributed by atoms with van der Waals surface area (Å²) in [5.74, 6) is 0. The van der Waals surface area contributed by atoms with Gasteiger partial charge in [-0.05, 0) is 19.4 Å². The van der Waals surface area contributed by atoms with Crippen LogP contribution in [0.4, 0.5) is 0 Å². The molecule has 11 heavy (non-hydrogen) atoms. The Kier molecular flexibility index (Phi) is 5.20. The van der Waals surface area contributed by atoms with E-state index < -0.39 is 0 Å². The first-order valence-electron chi connectivity index (χ1n) is 4.52. The van der Waals surface area contributed by atoms with Crippen molar-refractivity contribution in [1.29, 1.82) is 0 Å². The van der Waals surface area contributed by atoms with Crippen LogP contribution in [0.3, 0.4) is 0 Å². The summed E-state index contributed by atoms with van der Waals surface area (Å²) >= 11 is 0. The molecule has 0 radical (unpaired) electrons. The minimum atomic E-state index is 0. The van der Waals surface area contributed by atoms with Crippen LogP contribution in [-0.2, 0) is 0 Å². The normalized spacial score (nSPS) is 27.3. The van der Waals surface area contributed by atoms with Gasteiger partial charge < -0.3 is 11.3 Å². The second-order valence-corrected chi connectivity index (χ2v) is 3.51. The summed E-state index contributed by atoms with van der Waals surface area (Å²) in [6.45, 7) is 2.61. The van der Waals surface area contributed by atoms with E-state index in [1.807, 2.05) is 0 Å². The Morgan fingerprint density at radius 3 is 2.45 bits per heavy atom. The SMILES string of the molecule is [CH-]1CCN(C2CCCC2)C1.[K+]. The quantitative estimate of drug-likeness (QED) is 0.361. The molecule has 2 heteroatoms.